The molecule has 0 aliphatic carbocycles. The van der Waals surface area contributed by atoms with Crippen molar-refractivity contribution >= 4 is 11.6 Å². The Kier molecular flexibility index (Phi) is 4.57. The third kappa shape index (κ3) is 3.15. The highest BCUT2D eigenvalue weighted by molar-refractivity contribution is 5.95. The summed E-state index contributed by atoms with van der Waals surface area (Å²) in [5.41, 5.74) is 3.55. The number of imidazole rings is 1. The molecular weight excluding hydrogens is 322 g/mol. The number of carbonyl (C=O) groups is 1. The highest BCUT2D eigenvalue weighted by Crippen LogP contribution is 2.22. The van der Waals surface area contributed by atoms with Crippen LogP contribution in [0.1, 0.15) is 36.5 Å². The van der Waals surface area contributed by atoms with Crippen LogP contribution in [0.15, 0.2) is 67.0 Å². The Hall–Kier alpha value is -2.88. The summed E-state index contributed by atoms with van der Waals surface area (Å²) in [6.45, 7) is 2.88. The number of amides is 1. The highest BCUT2D eigenvalue weighted by Gasteiger charge is 2.25. The van der Waals surface area contributed by atoms with Gasteiger partial charge in [0.25, 0.3) is 5.91 Å². The largest absolute Gasteiger partial charge is 0.328 e. The lowest BCUT2D eigenvalue weighted by Crippen LogP contribution is -2.36. The Morgan fingerprint density at radius 1 is 1.15 bits per heavy atom. The zero-order valence-corrected chi connectivity index (χ0v) is 15.0. The van der Waals surface area contributed by atoms with E-state index in [9.17, 15) is 4.79 Å². The normalized spacial score (nSPS) is 16.5. The number of rotatable bonds is 5. The van der Waals surface area contributed by atoms with Crippen molar-refractivity contribution in [2.24, 2.45) is 0 Å². The van der Waals surface area contributed by atoms with Gasteiger partial charge in [-0.1, -0.05) is 62.2 Å². The average Bonchev–Trinajstić information content (AvgIpc) is 3.32. The summed E-state index contributed by atoms with van der Waals surface area (Å²) >= 11 is 0. The molecule has 4 nitrogen and oxygen atoms in total. The lowest BCUT2D eigenvalue weighted by Gasteiger charge is -2.24. The van der Waals surface area contributed by atoms with Crippen LogP contribution in [0.5, 0.6) is 0 Å². The predicted octanol–water partition coefficient (Wildman–Crippen LogP) is 4.57. The van der Waals surface area contributed by atoms with Gasteiger partial charge in [-0.05, 0) is 18.6 Å². The van der Waals surface area contributed by atoms with Crippen LogP contribution in [0.4, 0.5) is 0 Å². The van der Waals surface area contributed by atoms with E-state index >= 15 is 0 Å². The van der Waals surface area contributed by atoms with Gasteiger partial charge in [0, 0.05) is 24.5 Å². The number of nitrogens with zero attached hydrogens (tertiary/aromatic N) is 3. The number of hydrogen-bond acceptors (Lipinski definition) is 2. The first-order chi connectivity index (χ1) is 12.8. The second-order valence-corrected chi connectivity index (χ2v) is 6.77. The van der Waals surface area contributed by atoms with Crippen molar-refractivity contribution in [3.63, 3.8) is 0 Å². The molecule has 1 aliphatic heterocycles. The van der Waals surface area contributed by atoms with Crippen LogP contribution in [0.3, 0.4) is 0 Å². The molecule has 132 valence electrons. The molecule has 1 aliphatic rings. The fourth-order valence-electron chi connectivity index (χ4n) is 3.50. The van der Waals surface area contributed by atoms with Crippen molar-refractivity contribution in [2.45, 2.75) is 32.2 Å². The number of pyridine rings is 1. The van der Waals surface area contributed by atoms with E-state index in [-0.39, 0.29) is 11.9 Å². The second kappa shape index (κ2) is 7.16. The Balaban J connectivity index is 1.60. The lowest BCUT2D eigenvalue weighted by atomic mass is 10.1. The van der Waals surface area contributed by atoms with Crippen LogP contribution in [0.2, 0.25) is 0 Å². The molecule has 4 rings (SSSR count). The van der Waals surface area contributed by atoms with Gasteiger partial charge in [-0.3, -0.25) is 4.79 Å². The van der Waals surface area contributed by atoms with Crippen LogP contribution in [-0.4, -0.2) is 32.8 Å². The molecule has 26 heavy (non-hydrogen) atoms. The topological polar surface area (TPSA) is 37.6 Å². The maximum Gasteiger partial charge on any atom is 0.256 e. The number of hydrogen-bond donors (Lipinski definition) is 0. The molecule has 0 fully saturated rings. The molecule has 1 aromatic carbocycles. The van der Waals surface area contributed by atoms with Gasteiger partial charge < -0.3 is 9.30 Å². The average molecular weight is 345 g/mol. The van der Waals surface area contributed by atoms with Crippen molar-refractivity contribution in [3.05, 3.63) is 72.6 Å². The monoisotopic (exact) mass is 345 g/mol. The summed E-state index contributed by atoms with van der Waals surface area (Å²) < 4.78 is 1.94. The maximum absolute atomic E-state index is 13.0. The second-order valence-electron chi connectivity index (χ2n) is 6.77. The van der Waals surface area contributed by atoms with Crippen LogP contribution in [-0.2, 0) is 0 Å². The fraction of sp³-hybridized carbons (Fsp3) is 0.273. The Morgan fingerprint density at radius 2 is 2.00 bits per heavy atom. The molecule has 1 atom stereocenters. The predicted molar refractivity (Wildman–Crippen MR) is 104 cm³/mol. The summed E-state index contributed by atoms with van der Waals surface area (Å²) in [6, 6.07) is 14.1. The SMILES string of the molecule is CCCC[C@H]1C=CCN1C(=O)c1ccc2nc(-c3ccccc3)cn2c1. The zero-order chi connectivity index (χ0) is 17.9. The van der Waals surface area contributed by atoms with Gasteiger partial charge in [0.1, 0.15) is 5.65 Å². The molecule has 2 aromatic heterocycles. The molecule has 3 heterocycles. The molecular formula is C22H23N3O. The van der Waals surface area contributed by atoms with E-state index in [0.717, 1.165) is 36.2 Å². The van der Waals surface area contributed by atoms with Gasteiger partial charge in [0.2, 0.25) is 0 Å². The molecule has 0 saturated heterocycles. The van der Waals surface area contributed by atoms with Gasteiger partial charge >= 0.3 is 0 Å². The first-order valence-corrected chi connectivity index (χ1v) is 9.28. The summed E-state index contributed by atoms with van der Waals surface area (Å²) in [6.07, 6.45) is 11.5. The Morgan fingerprint density at radius 3 is 2.81 bits per heavy atom. The van der Waals surface area contributed by atoms with E-state index in [1.165, 1.54) is 0 Å². The minimum absolute atomic E-state index is 0.0907. The fourth-order valence-corrected chi connectivity index (χ4v) is 3.50. The Bertz CT molecular complexity index is 942. The minimum Gasteiger partial charge on any atom is -0.328 e. The van der Waals surface area contributed by atoms with Crippen LogP contribution >= 0.6 is 0 Å². The molecule has 4 heteroatoms. The molecule has 1 amide bonds. The van der Waals surface area contributed by atoms with Gasteiger partial charge in [-0.25, -0.2) is 4.98 Å². The number of fused-ring (bicyclic) bond motifs is 1. The molecule has 0 spiro atoms. The van der Waals surface area contributed by atoms with Crippen molar-refractivity contribution in [1.29, 1.82) is 0 Å². The summed E-state index contributed by atoms with van der Waals surface area (Å²) in [5, 5.41) is 0. The smallest absolute Gasteiger partial charge is 0.256 e. The molecule has 0 radical (unpaired) electrons. The maximum atomic E-state index is 13.0. The number of aromatic nitrogens is 2. The number of unbranched alkanes of at least 4 members (excludes halogenated alkanes) is 1. The van der Waals surface area contributed by atoms with E-state index in [0.29, 0.717) is 12.1 Å². The van der Waals surface area contributed by atoms with Crippen LogP contribution in [0.25, 0.3) is 16.9 Å². The summed E-state index contributed by atoms with van der Waals surface area (Å²) in [4.78, 5) is 19.6. The third-order valence-corrected chi connectivity index (χ3v) is 4.94. The van der Waals surface area contributed by atoms with Crippen molar-refractivity contribution in [1.82, 2.24) is 14.3 Å². The standard InChI is InChI=1S/C22H23N3O/c1-2-3-10-19-11-7-14-25(19)22(26)18-12-13-21-23-20(16-24(21)15-18)17-8-5-4-6-9-17/h4-9,11-13,15-16,19H,2-3,10,14H2,1H3/t19-/m0/s1. The van der Waals surface area contributed by atoms with E-state index < -0.39 is 0 Å². The highest BCUT2D eigenvalue weighted by atomic mass is 16.2. The van der Waals surface area contributed by atoms with Crippen molar-refractivity contribution < 1.29 is 4.79 Å². The van der Waals surface area contributed by atoms with Crippen molar-refractivity contribution in [3.8, 4) is 11.3 Å². The number of carbonyl (C=O) groups excluding carboxylic acids is 1. The summed E-state index contributed by atoms with van der Waals surface area (Å²) in [5.74, 6) is 0.0907. The Labute approximate surface area is 153 Å². The minimum atomic E-state index is 0.0907. The number of benzene rings is 1. The third-order valence-electron chi connectivity index (χ3n) is 4.94. The van der Waals surface area contributed by atoms with Gasteiger partial charge in [-0.2, -0.15) is 0 Å². The molecule has 0 unspecified atom stereocenters. The van der Waals surface area contributed by atoms with Gasteiger partial charge in [0.05, 0.1) is 17.3 Å². The summed E-state index contributed by atoms with van der Waals surface area (Å²) in [7, 11) is 0. The molecule has 0 saturated carbocycles. The first kappa shape index (κ1) is 16.6. The molecule has 0 bridgehead atoms. The van der Waals surface area contributed by atoms with Crippen LogP contribution in [0, 0.1) is 0 Å². The zero-order valence-electron chi connectivity index (χ0n) is 15.0. The molecule has 3 aromatic rings. The van der Waals surface area contributed by atoms with Gasteiger partial charge in [-0.15, -0.1) is 0 Å². The van der Waals surface area contributed by atoms with E-state index in [1.54, 1.807) is 0 Å². The molecule has 0 N–H and O–H groups in total. The van der Waals surface area contributed by atoms with Crippen LogP contribution < -0.4 is 0 Å². The first-order valence-electron chi connectivity index (χ1n) is 9.28. The quantitative estimate of drug-likeness (QED) is 0.635. The van der Waals surface area contributed by atoms with E-state index in [1.807, 2.05) is 64.2 Å². The van der Waals surface area contributed by atoms with E-state index in [4.69, 9.17) is 0 Å². The lowest BCUT2D eigenvalue weighted by molar-refractivity contribution is 0.0743. The van der Waals surface area contributed by atoms with Crippen molar-refractivity contribution in [2.75, 3.05) is 6.54 Å². The van der Waals surface area contributed by atoms with E-state index in [2.05, 4.69) is 24.1 Å². The van der Waals surface area contributed by atoms with Gasteiger partial charge in [0.15, 0.2) is 0 Å².